The van der Waals surface area contributed by atoms with E-state index >= 15 is 0 Å². The number of rotatable bonds is 1. The molecule has 0 aromatic carbocycles. The average Bonchev–Trinajstić information content (AvgIpc) is 2.08. The van der Waals surface area contributed by atoms with Gasteiger partial charge < -0.3 is 4.74 Å². The predicted octanol–water partition coefficient (Wildman–Crippen LogP) is 0.259. The lowest BCUT2D eigenvalue weighted by molar-refractivity contribution is -0.140. The first-order valence-corrected chi connectivity index (χ1v) is 5.42. The molecule has 4 nitrogen and oxygen atoms in total. The molecule has 2 unspecified atom stereocenters. The molecule has 0 aromatic heterocycles. The van der Waals surface area contributed by atoms with Crippen LogP contribution in [0, 0.1) is 0 Å². The summed E-state index contributed by atoms with van der Waals surface area (Å²) in [5.41, 5.74) is 0. The second-order valence-electron chi connectivity index (χ2n) is 2.45. The third kappa shape index (κ3) is 1.84. The number of hydrogen-bond acceptors (Lipinski definition) is 4. The van der Waals surface area contributed by atoms with E-state index in [2.05, 4.69) is 4.74 Å². The minimum Gasteiger partial charge on any atom is -0.462 e. The van der Waals surface area contributed by atoms with Crippen molar-refractivity contribution in [2.45, 2.75) is 24.7 Å². The lowest BCUT2D eigenvalue weighted by atomic mass is 10.3. The first-order valence-electron chi connectivity index (χ1n) is 3.05. The van der Waals surface area contributed by atoms with Crippen LogP contribution in [0.4, 0.5) is 0 Å². The smallest absolute Gasteiger partial charge is 0.326 e. The van der Waals surface area contributed by atoms with E-state index in [1.807, 2.05) is 0 Å². The molecular formula is C5H7ClO4S. The minimum absolute atomic E-state index is 0.157. The molecule has 1 rings (SSSR count). The van der Waals surface area contributed by atoms with Crippen LogP contribution in [0.1, 0.15) is 13.3 Å². The van der Waals surface area contributed by atoms with Crippen molar-refractivity contribution >= 4 is 25.7 Å². The third-order valence-corrected chi connectivity index (χ3v) is 3.18. The van der Waals surface area contributed by atoms with Crippen LogP contribution in [-0.2, 0) is 18.6 Å². The molecule has 0 saturated carbocycles. The number of halogens is 1. The van der Waals surface area contributed by atoms with Crippen LogP contribution in [-0.4, -0.2) is 25.7 Å². The van der Waals surface area contributed by atoms with Crippen molar-refractivity contribution in [2.75, 3.05) is 0 Å². The van der Waals surface area contributed by atoms with Crippen LogP contribution >= 0.6 is 10.7 Å². The van der Waals surface area contributed by atoms with E-state index in [1.54, 1.807) is 6.92 Å². The zero-order chi connectivity index (χ0) is 8.65. The summed E-state index contributed by atoms with van der Waals surface area (Å²) in [7, 11) is 1.18. The van der Waals surface area contributed by atoms with E-state index in [0.29, 0.717) is 0 Å². The van der Waals surface area contributed by atoms with Gasteiger partial charge in [0.2, 0.25) is 9.05 Å². The van der Waals surface area contributed by atoms with E-state index in [9.17, 15) is 13.2 Å². The van der Waals surface area contributed by atoms with Crippen LogP contribution in [0.3, 0.4) is 0 Å². The van der Waals surface area contributed by atoms with Crippen molar-refractivity contribution < 1.29 is 17.9 Å². The molecular weight excluding hydrogens is 192 g/mol. The van der Waals surface area contributed by atoms with Crippen molar-refractivity contribution in [3.05, 3.63) is 0 Å². The van der Waals surface area contributed by atoms with Gasteiger partial charge in [-0.1, -0.05) is 0 Å². The minimum atomic E-state index is -3.79. The SMILES string of the molecule is CC1CC(S(=O)(=O)Cl)C(=O)O1. The Morgan fingerprint density at radius 2 is 2.18 bits per heavy atom. The Hall–Kier alpha value is -0.290. The Balaban J connectivity index is 2.85. The topological polar surface area (TPSA) is 60.4 Å². The van der Waals surface area contributed by atoms with Crippen LogP contribution in [0.15, 0.2) is 0 Å². The fraction of sp³-hybridized carbons (Fsp3) is 0.800. The van der Waals surface area contributed by atoms with Crippen LogP contribution in [0.5, 0.6) is 0 Å². The normalized spacial score (nSPS) is 32.0. The van der Waals surface area contributed by atoms with Gasteiger partial charge in [-0.25, -0.2) is 8.42 Å². The largest absolute Gasteiger partial charge is 0.462 e. The maximum Gasteiger partial charge on any atom is 0.326 e. The van der Waals surface area contributed by atoms with Gasteiger partial charge in [-0.3, -0.25) is 4.79 Å². The predicted molar refractivity (Wildman–Crippen MR) is 38.7 cm³/mol. The highest BCUT2D eigenvalue weighted by molar-refractivity contribution is 8.14. The number of carbonyl (C=O) groups excluding carboxylic acids is 1. The number of carbonyl (C=O) groups is 1. The molecule has 11 heavy (non-hydrogen) atoms. The second kappa shape index (κ2) is 2.64. The monoisotopic (exact) mass is 198 g/mol. The molecule has 0 bridgehead atoms. The molecule has 2 atom stereocenters. The molecule has 1 heterocycles. The molecule has 0 radical (unpaired) electrons. The van der Waals surface area contributed by atoms with Gasteiger partial charge >= 0.3 is 5.97 Å². The Labute approximate surface area is 68.9 Å². The van der Waals surface area contributed by atoms with Gasteiger partial charge in [0.15, 0.2) is 5.25 Å². The third-order valence-electron chi connectivity index (χ3n) is 1.47. The van der Waals surface area contributed by atoms with Gasteiger partial charge in [-0.15, -0.1) is 0 Å². The van der Waals surface area contributed by atoms with Gasteiger partial charge in [-0.2, -0.15) is 0 Å². The quantitative estimate of drug-likeness (QED) is 0.448. The molecule has 64 valence electrons. The first kappa shape index (κ1) is 8.80. The molecule has 1 fully saturated rings. The summed E-state index contributed by atoms with van der Waals surface area (Å²) >= 11 is 0. The second-order valence-corrected chi connectivity index (χ2v) is 5.26. The summed E-state index contributed by atoms with van der Waals surface area (Å²) in [6.07, 6.45) is -0.189. The van der Waals surface area contributed by atoms with E-state index in [1.165, 1.54) is 0 Å². The van der Waals surface area contributed by atoms with Crippen LogP contribution < -0.4 is 0 Å². The Bertz CT molecular complexity index is 270. The molecule has 0 aromatic rings. The summed E-state index contributed by atoms with van der Waals surface area (Å²) in [6, 6.07) is 0. The van der Waals surface area contributed by atoms with Crippen LogP contribution in [0.25, 0.3) is 0 Å². The summed E-state index contributed by atoms with van der Waals surface area (Å²) in [5, 5.41) is -1.17. The van der Waals surface area contributed by atoms with E-state index in [-0.39, 0.29) is 12.5 Å². The Kier molecular flexibility index (Phi) is 2.11. The highest BCUT2D eigenvalue weighted by Crippen LogP contribution is 2.23. The summed E-state index contributed by atoms with van der Waals surface area (Å²) in [5.74, 6) is -0.743. The Morgan fingerprint density at radius 1 is 1.64 bits per heavy atom. The van der Waals surface area contributed by atoms with Gasteiger partial charge in [0.25, 0.3) is 0 Å². The van der Waals surface area contributed by atoms with Gasteiger partial charge in [0.05, 0.1) is 0 Å². The lowest BCUT2D eigenvalue weighted by Crippen LogP contribution is -2.21. The average molecular weight is 199 g/mol. The summed E-state index contributed by atoms with van der Waals surface area (Å²) in [4.78, 5) is 10.7. The van der Waals surface area contributed by atoms with E-state index < -0.39 is 20.3 Å². The molecule has 1 saturated heterocycles. The van der Waals surface area contributed by atoms with Crippen molar-refractivity contribution in [1.82, 2.24) is 0 Å². The maximum atomic E-state index is 10.7. The summed E-state index contributed by atoms with van der Waals surface area (Å²) < 4.78 is 25.9. The van der Waals surface area contributed by atoms with Crippen LogP contribution in [0.2, 0.25) is 0 Å². The molecule has 0 N–H and O–H groups in total. The highest BCUT2D eigenvalue weighted by atomic mass is 35.7. The molecule has 1 aliphatic rings. The standard InChI is InChI=1S/C5H7ClO4S/c1-3-2-4(5(7)10-3)11(6,8)9/h3-4H,2H2,1H3. The number of ether oxygens (including phenoxy) is 1. The fourth-order valence-electron chi connectivity index (χ4n) is 0.950. The molecule has 0 aliphatic carbocycles. The van der Waals surface area contributed by atoms with Gasteiger partial charge in [0, 0.05) is 17.1 Å². The lowest BCUT2D eigenvalue weighted by Gasteiger charge is -1.96. The maximum absolute atomic E-state index is 10.7. The van der Waals surface area contributed by atoms with E-state index in [0.717, 1.165) is 0 Å². The first-order chi connectivity index (χ1) is 4.91. The molecule has 0 spiro atoms. The van der Waals surface area contributed by atoms with Gasteiger partial charge in [-0.05, 0) is 6.92 Å². The Morgan fingerprint density at radius 3 is 2.36 bits per heavy atom. The van der Waals surface area contributed by atoms with Crippen molar-refractivity contribution in [1.29, 1.82) is 0 Å². The number of hydrogen-bond donors (Lipinski definition) is 0. The molecule has 6 heteroatoms. The zero-order valence-electron chi connectivity index (χ0n) is 5.78. The zero-order valence-corrected chi connectivity index (χ0v) is 7.35. The van der Waals surface area contributed by atoms with Crippen molar-refractivity contribution in [2.24, 2.45) is 0 Å². The van der Waals surface area contributed by atoms with E-state index in [4.69, 9.17) is 10.7 Å². The fourth-order valence-corrected chi connectivity index (χ4v) is 2.17. The number of cyclic esters (lactones) is 1. The number of esters is 1. The molecule has 1 aliphatic heterocycles. The highest BCUT2D eigenvalue weighted by Gasteiger charge is 2.40. The summed E-state index contributed by atoms with van der Waals surface area (Å²) in [6.45, 7) is 1.62. The van der Waals surface area contributed by atoms with Crippen molar-refractivity contribution in [3.63, 3.8) is 0 Å². The van der Waals surface area contributed by atoms with Crippen molar-refractivity contribution in [3.8, 4) is 0 Å². The molecule has 0 amide bonds. The van der Waals surface area contributed by atoms with Gasteiger partial charge in [0.1, 0.15) is 6.10 Å².